The third kappa shape index (κ3) is 2.35. The van der Waals surface area contributed by atoms with Gasteiger partial charge in [0.05, 0.1) is 18.1 Å². The molecule has 0 spiro atoms. The van der Waals surface area contributed by atoms with Crippen molar-refractivity contribution in [2.45, 2.75) is 38.2 Å². The number of likely N-dealkylation sites (tertiary alicyclic amines) is 1. The van der Waals surface area contributed by atoms with Crippen molar-refractivity contribution in [2.75, 3.05) is 13.1 Å². The number of hydrogen-bond donors (Lipinski definition) is 2. The van der Waals surface area contributed by atoms with Gasteiger partial charge in [0.1, 0.15) is 5.70 Å². The summed E-state index contributed by atoms with van der Waals surface area (Å²) in [5, 5.41) is 19.5. The van der Waals surface area contributed by atoms with Crippen molar-refractivity contribution in [1.29, 1.82) is 0 Å². The molecule has 126 valence electrons. The van der Waals surface area contributed by atoms with Crippen LogP contribution in [0.15, 0.2) is 10.6 Å². The lowest BCUT2D eigenvalue weighted by Crippen LogP contribution is -2.63. The Morgan fingerprint density at radius 2 is 1.96 bits per heavy atom. The fraction of sp³-hybridized carbons (Fsp3) is 0.667. The van der Waals surface area contributed by atoms with Crippen molar-refractivity contribution in [3.05, 3.63) is 10.6 Å². The van der Waals surface area contributed by atoms with E-state index >= 15 is 0 Å². The largest absolute Gasteiger partial charge is 0.477 e. The number of carbonyl (C=O) groups is 3. The van der Waals surface area contributed by atoms with Gasteiger partial charge in [-0.3, -0.25) is 9.59 Å². The number of β-lactam (4-membered cyclic amide) rings is 1. The maximum Gasteiger partial charge on any atom is 0.353 e. The molecule has 7 nitrogen and oxygen atoms in total. The van der Waals surface area contributed by atoms with Gasteiger partial charge in [-0.1, -0.05) is 6.92 Å². The van der Waals surface area contributed by atoms with Gasteiger partial charge in [0.25, 0.3) is 0 Å². The third-order valence-corrected chi connectivity index (χ3v) is 6.35. The van der Waals surface area contributed by atoms with Crippen LogP contribution in [0.2, 0.25) is 0 Å². The Labute approximate surface area is 138 Å². The van der Waals surface area contributed by atoms with E-state index in [2.05, 4.69) is 0 Å². The molecular weight excluding hydrogens is 320 g/mol. The molecule has 23 heavy (non-hydrogen) atoms. The summed E-state index contributed by atoms with van der Waals surface area (Å²) in [5.41, 5.74) is 0.0516. The summed E-state index contributed by atoms with van der Waals surface area (Å²) in [6.07, 6.45) is -0.789. The lowest BCUT2D eigenvalue weighted by atomic mass is 9.79. The van der Waals surface area contributed by atoms with E-state index in [1.807, 2.05) is 6.92 Å². The van der Waals surface area contributed by atoms with Crippen LogP contribution in [0.25, 0.3) is 0 Å². The van der Waals surface area contributed by atoms with Crippen LogP contribution < -0.4 is 0 Å². The van der Waals surface area contributed by atoms with E-state index in [1.165, 1.54) is 23.6 Å². The highest BCUT2D eigenvalue weighted by Gasteiger charge is 2.60. The van der Waals surface area contributed by atoms with E-state index in [0.717, 1.165) is 0 Å². The number of hydrogen-bond acceptors (Lipinski definition) is 5. The summed E-state index contributed by atoms with van der Waals surface area (Å²) in [6.45, 7) is 6.18. The van der Waals surface area contributed by atoms with Crippen LogP contribution >= 0.6 is 11.8 Å². The molecule has 0 aromatic carbocycles. The number of carboxylic acids is 1. The minimum Gasteiger partial charge on any atom is -0.477 e. The first kappa shape index (κ1) is 16.3. The zero-order chi connectivity index (χ0) is 17.0. The number of aliphatic hydroxyl groups excluding tert-OH is 1. The van der Waals surface area contributed by atoms with Crippen molar-refractivity contribution < 1.29 is 24.6 Å². The van der Waals surface area contributed by atoms with E-state index in [0.29, 0.717) is 18.0 Å². The monoisotopic (exact) mass is 340 g/mol. The van der Waals surface area contributed by atoms with Crippen molar-refractivity contribution in [3.63, 3.8) is 0 Å². The number of thioether (sulfide) groups is 1. The molecule has 3 aliphatic rings. The summed E-state index contributed by atoms with van der Waals surface area (Å²) in [5.74, 6) is -2.06. The molecule has 3 rings (SSSR count). The van der Waals surface area contributed by atoms with Gasteiger partial charge in [-0.05, 0) is 6.92 Å². The minimum atomic E-state index is -1.11. The molecule has 3 aliphatic heterocycles. The number of rotatable bonds is 4. The van der Waals surface area contributed by atoms with Gasteiger partial charge in [0, 0.05) is 36.1 Å². The standard InChI is InChI=1S/C15H20N2O5S/c1-6-11-10(7(2)18)14(20)17(11)12(15(21)22)13(6)23-9-4-16(5-9)8(3)19/h6-7,9-11,18H,4-5H2,1-3H3,(H,21,22)/t6?,7?,10?,11-/m1/s1. The summed E-state index contributed by atoms with van der Waals surface area (Å²) >= 11 is 1.45. The maximum atomic E-state index is 12.2. The highest BCUT2D eigenvalue weighted by atomic mass is 32.2. The summed E-state index contributed by atoms with van der Waals surface area (Å²) in [7, 11) is 0. The van der Waals surface area contributed by atoms with Crippen molar-refractivity contribution >= 4 is 29.5 Å². The molecule has 0 aromatic rings. The zero-order valence-corrected chi connectivity index (χ0v) is 14.0. The van der Waals surface area contributed by atoms with Crippen LogP contribution in [0.5, 0.6) is 0 Å². The third-order valence-electron chi connectivity index (χ3n) is 4.90. The molecule has 0 saturated carbocycles. The van der Waals surface area contributed by atoms with Gasteiger partial charge in [0.2, 0.25) is 11.8 Å². The van der Waals surface area contributed by atoms with Crippen LogP contribution in [-0.4, -0.2) is 68.3 Å². The number of amides is 2. The first-order valence-electron chi connectivity index (χ1n) is 7.64. The second-order valence-electron chi connectivity index (χ2n) is 6.44. The summed E-state index contributed by atoms with van der Waals surface area (Å²) in [4.78, 5) is 38.8. The normalized spacial score (nSPS) is 31.7. The average molecular weight is 340 g/mol. The van der Waals surface area contributed by atoms with Crippen molar-refractivity contribution in [2.24, 2.45) is 11.8 Å². The van der Waals surface area contributed by atoms with Crippen molar-refractivity contribution in [3.8, 4) is 0 Å². The topological polar surface area (TPSA) is 98.2 Å². The smallest absolute Gasteiger partial charge is 0.353 e. The van der Waals surface area contributed by atoms with Crippen LogP contribution in [0.3, 0.4) is 0 Å². The molecule has 0 radical (unpaired) electrons. The predicted molar refractivity (Wildman–Crippen MR) is 83.3 cm³/mol. The van der Waals surface area contributed by atoms with Gasteiger partial charge >= 0.3 is 5.97 Å². The molecule has 0 aromatic heterocycles. The number of carboxylic acid groups (broad SMARTS) is 1. The second kappa shape index (κ2) is 5.52. The van der Waals surface area contributed by atoms with Gasteiger partial charge in [-0.2, -0.15) is 0 Å². The Balaban J connectivity index is 1.80. The molecule has 2 saturated heterocycles. The molecule has 2 N–H and O–H groups in total. The lowest BCUT2D eigenvalue weighted by molar-refractivity contribution is -0.163. The van der Waals surface area contributed by atoms with Gasteiger partial charge in [-0.15, -0.1) is 11.8 Å². The van der Waals surface area contributed by atoms with Crippen LogP contribution in [0, 0.1) is 11.8 Å². The molecule has 2 amide bonds. The van der Waals surface area contributed by atoms with Crippen LogP contribution in [-0.2, 0) is 14.4 Å². The fourth-order valence-corrected chi connectivity index (χ4v) is 5.15. The Bertz CT molecular complexity index is 611. The average Bonchev–Trinajstić information content (AvgIpc) is 2.62. The minimum absolute atomic E-state index is 0.0157. The number of nitrogens with zero attached hydrogens (tertiary/aromatic N) is 2. The Morgan fingerprint density at radius 3 is 2.43 bits per heavy atom. The summed E-state index contributed by atoms with van der Waals surface area (Å²) in [6, 6.07) is -0.278. The Morgan fingerprint density at radius 1 is 1.35 bits per heavy atom. The second-order valence-corrected chi connectivity index (χ2v) is 7.78. The molecule has 0 aliphatic carbocycles. The molecule has 3 unspecified atom stereocenters. The van der Waals surface area contributed by atoms with Gasteiger partial charge < -0.3 is 20.0 Å². The van der Waals surface area contributed by atoms with E-state index < -0.39 is 18.0 Å². The SMILES string of the molecule is CC(=O)N1CC(SC2=C(C(=O)O)N3C(=O)C(C(C)O)[C@H]3C2C)C1. The molecule has 4 atom stereocenters. The van der Waals surface area contributed by atoms with Crippen LogP contribution in [0.1, 0.15) is 20.8 Å². The lowest BCUT2D eigenvalue weighted by Gasteiger charge is -2.46. The number of aliphatic carboxylic acids is 1. The van der Waals surface area contributed by atoms with E-state index in [9.17, 15) is 24.6 Å². The molecule has 0 bridgehead atoms. The molecule has 8 heteroatoms. The summed E-state index contributed by atoms with van der Waals surface area (Å²) < 4.78 is 0. The van der Waals surface area contributed by atoms with Gasteiger partial charge in [0.15, 0.2) is 0 Å². The quantitative estimate of drug-likeness (QED) is 0.705. The van der Waals surface area contributed by atoms with E-state index in [4.69, 9.17) is 0 Å². The molecule has 3 heterocycles. The fourth-order valence-electron chi connectivity index (χ4n) is 3.63. The Hall–Kier alpha value is -1.54. The highest BCUT2D eigenvalue weighted by Crippen LogP contribution is 2.51. The maximum absolute atomic E-state index is 12.2. The van der Waals surface area contributed by atoms with E-state index in [-0.39, 0.29) is 34.7 Å². The Kier molecular flexibility index (Phi) is 3.92. The number of aliphatic hydroxyl groups is 1. The highest BCUT2D eigenvalue weighted by molar-refractivity contribution is 8.03. The zero-order valence-electron chi connectivity index (χ0n) is 13.2. The molecule has 2 fully saturated rings. The van der Waals surface area contributed by atoms with E-state index in [1.54, 1.807) is 11.8 Å². The predicted octanol–water partition coefficient (Wildman–Crippen LogP) is 0.104. The van der Waals surface area contributed by atoms with Crippen LogP contribution in [0.4, 0.5) is 0 Å². The van der Waals surface area contributed by atoms with Gasteiger partial charge in [-0.25, -0.2) is 4.79 Å². The first-order valence-corrected chi connectivity index (χ1v) is 8.52. The van der Waals surface area contributed by atoms with Crippen molar-refractivity contribution in [1.82, 2.24) is 9.80 Å². The first-order chi connectivity index (χ1) is 10.7. The number of carbonyl (C=O) groups excluding carboxylic acids is 2. The molecular formula is C15H20N2O5S. The number of fused-ring (bicyclic) bond motifs is 1.